The number of hydrogen-bond donors (Lipinski definition) is 1. The van der Waals surface area contributed by atoms with Crippen LogP contribution in [0.1, 0.15) is 13.3 Å². The van der Waals surface area contributed by atoms with Crippen LogP contribution in [-0.4, -0.2) is 31.9 Å². The van der Waals surface area contributed by atoms with Gasteiger partial charge in [0.05, 0.1) is 0 Å². The topological polar surface area (TPSA) is 63.4 Å². The van der Waals surface area contributed by atoms with Crippen LogP contribution in [-0.2, 0) is 10.0 Å². The molecule has 1 aromatic rings. The third-order valence-corrected chi connectivity index (χ3v) is 5.10. The van der Waals surface area contributed by atoms with Crippen molar-refractivity contribution in [1.82, 2.24) is 4.31 Å². The van der Waals surface area contributed by atoms with Gasteiger partial charge < -0.3 is 5.73 Å². The van der Waals surface area contributed by atoms with E-state index in [9.17, 15) is 21.6 Å². The maximum absolute atomic E-state index is 13.6. The molecule has 2 unspecified atom stereocenters. The fourth-order valence-electron chi connectivity index (χ4n) is 2.45. The van der Waals surface area contributed by atoms with Gasteiger partial charge in [-0.05, 0) is 12.3 Å². The Morgan fingerprint density at radius 3 is 2.25 bits per heavy atom. The Morgan fingerprint density at radius 2 is 1.75 bits per heavy atom. The second kappa shape index (κ2) is 5.34. The largest absolute Gasteiger partial charge is 0.326 e. The van der Waals surface area contributed by atoms with Crippen LogP contribution in [0.15, 0.2) is 17.0 Å². The Balaban J connectivity index is 2.45. The Labute approximate surface area is 115 Å². The standard InChI is InChI=1S/C12H15F3N2O2S/c1-7-2-9(16)6-17(5-7)20(18,19)12-10(14)3-8(13)4-11(12)15/h3-4,7,9H,2,5-6,16H2,1H3. The van der Waals surface area contributed by atoms with Gasteiger partial charge in [-0.1, -0.05) is 6.92 Å². The highest BCUT2D eigenvalue weighted by molar-refractivity contribution is 7.89. The maximum atomic E-state index is 13.6. The lowest BCUT2D eigenvalue weighted by molar-refractivity contribution is 0.253. The first kappa shape index (κ1) is 15.3. The van der Waals surface area contributed by atoms with E-state index in [1.165, 1.54) is 0 Å². The first-order valence-electron chi connectivity index (χ1n) is 6.12. The van der Waals surface area contributed by atoms with Gasteiger partial charge in [0.15, 0.2) is 4.90 Å². The Kier molecular flexibility index (Phi) is 4.08. The molecule has 4 nitrogen and oxygen atoms in total. The monoisotopic (exact) mass is 308 g/mol. The summed E-state index contributed by atoms with van der Waals surface area (Å²) in [7, 11) is -4.37. The number of rotatable bonds is 2. The van der Waals surface area contributed by atoms with E-state index in [2.05, 4.69) is 0 Å². The lowest BCUT2D eigenvalue weighted by Gasteiger charge is -2.33. The molecule has 0 aromatic heterocycles. The van der Waals surface area contributed by atoms with E-state index in [1.54, 1.807) is 6.92 Å². The van der Waals surface area contributed by atoms with Gasteiger partial charge in [0.2, 0.25) is 10.0 Å². The van der Waals surface area contributed by atoms with Crippen LogP contribution in [0.25, 0.3) is 0 Å². The highest BCUT2D eigenvalue weighted by Crippen LogP contribution is 2.27. The van der Waals surface area contributed by atoms with E-state index in [0.29, 0.717) is 18.6 Å². The molecule has 1 aromatic carbocycles. The molecule has 1 aliphatic heterocycles. The summed E-state index contributed by atoms with van der Waals surface area (Å²) in [6.45, 7) is 1.92. The van der Waals surface area contributed by atoms with Gasteiger partial charge in [-0.25, -0.2) is 21.6 Å². The van der Waals surface area contributed by atoms with Crippen molar-refractivity contribution < 1.29 is 21.6 Å². The fraction of sp³-hybridized carbons (Fsp3) is 0.500. The van der Waals surface area contributed by atoms with Crippen molar-refractivity contribution in [2.45, 2.75) is 24.3 Å². The van der Waals surface area contributed by atoms with Gasteiger partial charge in [-0.15, -0.1) is 0 Å². The van der Waals surface area contributed by atoms with Crippen LogP contribution in [0, 0.1) is 23.4 Å². The average molecular weight is 308 g/mol. The average Bonchev–Trinajstić information content (AvgIpc) is 2.25. The van der Waals surface area contributed by atoms with Gasteiger partial charge in [0.25, 0.3) is 0 Å². The molecule has 0 radical (unpaired) electrons. The third kappa shape index (κ3) is 2.82. The first-order valence-corrected chi connectivity index (χ1v) is 7.56. The van der Waals surface area contributed by atoms with Gasteiger partial charge >= 0.3 is 0 Å². The molecular weight excluding hydrogens is 293 g/mol. The molecule has 1 aliphatic rings. The highest BCUT2D eigenvalue weighted by atomic mass is 32.2. The van der Waals surface area contributed by atoms with Gasteiger partial charge in [0, 0.05) is 31.3 Å². The molecule has 0 aliphatic carbocycles. The normalized spacial score (nSPS) is 24.9. The summed E-state index contributed by atoms with van der Waals surface area (Å²) in [5.41, 5.74) is 5.74. The number of hydrogen-bond acceptors (Lipinski definition) is 3. The molecule has 112 valence electrons. The second-order valence-corrected chi connectivity index (χ2v) is 7.00. The van der Waals surface area contributed by atoms with Crippen molar-refractivity contribution in [3.05, 3.63) is 29.6 Å². The van der Waals surface area contributed by atoms with Crippen molar-refractivity contribution in [2.24, 2.45) is 11.7 Å². The van der Waals surface area contributed by atoms with Gasteiger partial charge in [-0.3, -0.25) is 0 Å². The van der Waals surface area contributed by atoms with Gasteiger partial charge in [0.1, 0.15) is 17.5 Å². The maximum Gasteiger partial charge on any atom is 0.248 e. The molecule has 2 N–H and O–H groups in total. The van der Waals surface area contributed by atoms with E-state index >= 15 is 0 Å². The highest BCUT2D eigenvalue weighted by Gasteiger charge is 2.35. The minimum absolute atomic E-state index is 0.0110. The molecule has 2 rings (SSSR count). The van der Waals surface area contributed by atoms with Crippen LogP contribution in [0.4, 0.5) is 13.2 Å². The molecule has 2 atom stereocenters. The molecular formula is C12H15F3N2O2S. The van der Waals surface area contributed by atoms with Crippen molar-refractivity contribution in [2.75, 3.05) is 13.1 Å². The summed E-state index contributed by atoms with van der Waals surface area (Å²) in [5.74, 6) is -4.05. The van der Waals surface area contributed by atoms with Crippen molar-refractivity contribution in [1.29, 1.82) is 0 Å². The predicted molar refractivity (Wildman–Crippen MR) is 66.8 cm³/mol. The number of benzene rings is 1. The molecule has 0 spiro atoms. The molecule has 1 saturated heterocycles. The quantitative estimate of drug-likeness (QED) is 0.900. The zero-order valence-corrected chi connectivity index (χ0v) is 11.6. The summed E-state index contributed by atoms with van der Waals surface area (Å²) in [5, 5.41) is 0. The fourth-order valence-corrected chi connectivity index (χ4v) is 4.16. The number of piperidine rings is 1. The third-order valence-electron chi connectivity index (χ3n) is 3.22. The zero-order chi connectivity index (χ0) is 15.1. The molecule has 0 amide bonds. The minimum Gasteiger partial charge on any atom is -0.326 e. The van der Waals surface area contributed by atoms with Crippen LogP contribution in [0.3, 0.4) is 0 Å². The zero-order valence-electron chi connectivity index (χ0n) is 10.8. The molecule has 0 saturated carbocycles. The van der Waals surface area contributed by atoms with Crippen molar-refractivity contribution in [3.8, 4) is 0 Å². The number of nitrogens with two attached hydrogens (primary N) is 1. The van der Waals surface area contributed by atoms with Crippen molar-refractivity contribution in [3.63, 3.8) is 0 Å². The van der Waals surface area contributed by atoms with Crippen LogP contribution in [0.2, 0.25) is 0 Å². The predicted octanol–water partition coefficient (Wildman–Crippen LogP) is 1.46. The SMILES string of the molecule is CC1CC(N)CN(S(=O)(=O)c2c(F)cc(F)cc2F)C1. The lowest BCUT2D eigenvalue weighted by Crippen LogP contribution is -2.49. The summed E-state index contributed by atoms with van der Waals surface area (Å²) in [6, 6.07) is 0.312. The minimum atomic E-state index is -4.37. The van der Waals surface area contributed by atoms with Crippen molar-refractivity contribution >= 4 is 10.0 Å². The van der Waals surface area contributed by atoms with Crippen LogP contribution >= 0.6 is 0 Å². The Hall–Kier alpha value is -1.12. The summed E-state index contributed by atoms with van der Waals surface area (Å²) < 4.78 is 65.7. The van der Waals surface area contributed by atoms with E-state index in [1.807, 2.05) is 0 Å². The van der Waals surface area contributed by atoms with Crippen LogP contribution < -0.4 is 5.73 Å². The Morgan fingerprint density at radius 1 is 1.20 bits per heavy atom. The summed E-state index contributed by atoms with van der Waals surface area (Å²) >= 11 is 0. The van der Waals surface area contributed by atoms with Gasteiger partial charge in [-0.2, -0.15) is 4.31 Å². The van der Waals surface area contributed by atoms with E-state index in [4.69, 9.17) is 5.73 Å². The molecule has 8 heteroatoms. The second-order valence-electron chi connectivity index (χ2n) is 5.12. The van der Waals surface area contributed by atoms with E-state index in [0.717, 1.165) is 4.31 Å². The van der Waals surface area contributed by atoms with E-state index < -0.39 is 32.4 Å². The molecule has 1 fully saturated rings. The van der Waals surface area contributed by atoms with Crippen LogP contribution in [0.5, 0.6) is 0 Å². The number of nitrogens with zero attached hydrogens (tertiary/aromatic N) is 1. The molecule has 20 heavy (non-hydrogen) atoms. The number of sulfonamides is 1. The Bertz CT molecular complexity index is 588. The summed E-state index contributed by atoms with van der Waals surface area (Å²) in [4.78, 5) is -1.12. The van der Waals surface area contributed by atoms with E-state index in [-0.39, 0.29) is 25.0 Å². The number of halogens is 3. The molecule has 0 bridgehead atoms. The smallest absolute Gasteiger partial charge is 0.248 e. The lowest BCUT2D eigenvalue weighted by atomic mass is 9.99. The summed E-state index contributed by atoms with van der Waals surface area (Å²) in [6.07, 6.45) is 0.639. The first-order chi connectivity index (χ1) is 9.21. The molecule has 1 heterocycles.